The van der Waals surface area contributed by atoms with Crippen molar-refractivity contribution in [2.45, 2.75) is 44.1 Å². The quantitative estimate of drug-likeness (QED) is 0.772. The molecule has 0 radical (unpaired) electrons. The smallest absolute Gasteiger partial charge is 0.264 e. The fraction of sp³-hybridized carbons (Fsp3) is 0.455. The van der Waals surface area contributed by atoms with E-state index in [0.717, 1.165) is 37.1 Å². The maximum atomic E-state index is 13.4. The molecule has 0 spiro atoms. The Morgan fingerprint density at radius 3 is 2.32 bits per heavy atom. The van der Waals surface area contributed by atoms with Crippen molar-refractivity contribution in [3.8, 4) is 0 Å². The molecule has 1 saturated heterocycles. The summed E-state index contributed by atoms with van der Waals surface area (Å²) in [5.41, 5.74) is 2.57. The minimum Gasteiger partial charge on any atom is -0.390 e. The molecular weight excluding hydrogens is 372 g/mol. The molecule has 1 aliphatic heterocycles. The first-order valence-electron chi connectivity index (χ1n) is 9.93. The molecule has 0 bridgehead atoms. The molecule has 1 atom stereocenters. The SMILES string of the molecule is Cc1ccc(S(=O)(=O)N(C[C@H](O)CN2CCCCC2)c2cccc(C)c2)cc1. The Kier molecular flexibility index (Phi) is 6.75. The molecule has 0 aliphatic carbocycles. The van der Waals surface area contributed by atoms with Gasteiger partial charge in [-0.1, -0.05) is 36.2 Å². The summed E-state index contributed by atoms with van der Waals surface area (Å²) in [5, 5.41) is 10.7. The minimum atomic E-state index is -3.77. The van der Waals surface area contributed by atoms with Crippen LogP contribution in [0.25, 0.3) is 0 Å². The van der Waals surface area contributed by atoms with Crippen LogP contribution in [0.3, 0.4) is 0 Å². The summed E-state index contributed by atoms with van der Waals surface area (Å²) in [6.07, 6.45) is 2.74. The Morgan fingerprint density at radius 2 is 1.68 bits per heavy atom. The zero-order valence-corrected chi connectivity index (χ0v) is 17.5. The zero-order valence-electron chi connectivity index (χ0n) is 16.7. The molecule has 2 aromatic rings. The van der Waals surface area contributed by atoms with E-state index < -0.39 is 16.1 Å². The van der Waals surface area contributed by atoms with Gasteiger partial charge in [-0.25, -0.2) is 8.42 Å². The van der Waals surface area contributed by atoms with E-state index in [1.54, 1.807) is 30.3 Å². The molecule has 3 rings (SSSR count). The number of anilines is 1. The van der Waals surface area contributed by atoms with E-state index in [1.165, 1.54) is 10.7 Å². The van der Waals surface area contributed by atoms with Gasteiger partial charge in [0.25, 0.3) is 10.0 Å². The highest BCUT2D eigenvalue weighted by atomic mass is 32.2. The third-order valence-electron chi connectivity index (χ3n) is 5.19. The Balaban J connectivity index is 1.87. The van der Waals surface area contributed by atoms with Crippen LogP contribution in [0.4, 0.5) is 5.69 Å². The van der Waals surface area contributed by atoms with Gasteiger partial charge in [0.2, 0.25) is 0 Å². The molecule has 152 valence electrons. The van der Waals surface area contributed by atoms with Crippen LogP contribution in [-0.4, -0.2) is 50.7 Å². The van der Waals surface area contributed by atoms with E-state index in [2.05, 4.69) is 4.90 Å². The first kappa shape index (κ1) is 20.8. The summed E-state index contributed by atoms with van der Waals surface area (Å²) >= 11 is 0. The fourth-order valence-corrected chi connectivity index (χ4v) is 5.15. The van der Waals surface area contributed by atoms with Gasteiger partial charge in [-0.05, 0) is 69.6 Å². The van der Waals surface area contributed by atoms with Gasteiger partial charge in [0.15, 0.2) is 0 Å². The van der Waals surface area contributed by atoms with Crippen molar-refractivity contribution in [3.05, 3.63) is 59.7 Å². The molecule has 2 aromatic carbocycles. The number of nitrogens with zero attached hydrogens (tertiary/aromatic N) is 2. The summed E-state index contributed by atoms with van der Waals surface area (Å²) < 4.78 is 28.1. The lowest BCUT2D eigenvalue weighted by molar-refractivity contribution is 0.107. The second-order valence-corrected chi connectivity index (χ2v) is 9.57. The lowest BCUT2D eigenvalue weighted by Crippen LogP contribution is -2.44. The molecular formula is C22H30N2O3S. The van der Waals surface area contributed by atoms with Crippen LogP contribution in [-0.2, 0) is 10.0 Å². The Bertz CT molecular complexity index is 875. The van der Waals surface area contributed by atoms with E-state index in [1.807, 2.05) is 32.0 Å². The number of sulfonamides is 1. The van der Waals surface area contributed by atoms with Crippen molar-refractivity contribution in [1.29, 1.82) is 0 Å². The predicted molar refractivity (Wildman–Crippen MR) is 113 cm³/mol. The van der Waals surface area contributed by atoms with Crippen LogP contribution in [0.5, 0.6) is 0 Å². The molecule has 1 N–H and O–H groups in total. The average molecular weight is 403 g/mol. The van der Waals surface area contributed by atoms with Crippen molar-refractivity contribution in [2.24, 2.45) is 0 Å². The monoisotopic (exact) mass is 402 g/mol. The number of likely N-dealkylation sites (tertiary alicyclic amines) is 1. The standard InChI is InChI=1S/C22H30N2O3S/c1-18-9-11-22(12-10-18)28(26,27)24(20-8-6-7-19(2)15-20)17-21(25)16-23-13-4-3-5-14-23/h6-12,15,21,25H,3-5,13-14,16-17H2,1-2H3/t21-/m1/s1. The highest BCUT2D eigenvalue weighted by Gasteiger charge is 2.28. The molecule has 5 nitrogen and oxygen atoms in total. The van der Waals surface area contributed by atoms with E-state index >= 15 is 0 Å². The minimum absolute atomic E-state index is 0.0379. The third-order valence-corrected chi connectivity index (χ3v) is 7.00. The number of rotatable bonds is 7. The van der Waals surface area contributed by atoms with E-state index in [4.69, 9.17) is 0 Å². The third kappa shape index (κ3) is 5.13. The number of piperidine rings is 1. The van der Waals surface area contributed by atoms with Gasteiger partial charge in [0.05, 0.1) is 23.2 Å². The molecule has 0 unspecified atom stereocenters. The number of aryl methyl sites for hydroxylation is 2. The zero-order chi connectivity index (χ0) is 20.1. The summed E-state index contributed by atoms with van der Waals surface area (Å²) in [6.45, 7) is 6.32. The molecule has 0 amide bonds. The van der Waals surface area contributed by atoms with Gasteiger partial charge in [-0.3, -0.25) is 4.31 Å². The van der Waals surface area contributed by atoms with E-state index in [0.29, 0.717) is 12.2 Å². The van der Waals surface area contributed by atoms with Gasteiger partial charge in [0.1, 0.15) is 0 Å². The highest BCUT2D eigenvalue weighted by molar-refractivity contribution is 7.92. The number of hydrogen-bond donors (Lipinski definition) is 1. The Labute approximate surface area is 168 Å². The number of benzene rings is 2. The molecule has 1 fully saturated rings. The van der Waals surface area contributed by atoms with Crippen molar-refractivity contribution < 1.29 is 13.5 Å². The molecule has 6 heteroatoms. The number of aliphatic hydroxyl groups is 1. The van der Waals surface area contributed by atoms with Crippen LogP contribution >= 0.6 is 0 Å². The number of hydrogen-bond acceptors (Lipinski definition) is 4. The Morgan fingerprint density at radius 1 is 1.00 bits per heavy atom. The van der Waals surface area contributed by atoms with Crippen LogP contribution < -0.4 is 4.31 Å². The summed E-state index contributed by atoms with van der Waals surface area (Å²) in [7, 11) is -3.77. The van der Waals surface area contributed by atoms with Crippen molar-refractivity contribution in [2.75, 3.05) is 30.5 Å². The molecule has 0 saturated carbocycles. The van der Waals surface area contributed by atoms with Gasteiger partial charge < -0.3 is 10.0 Å². The normalized spacial score (nSPS) is 16.7. The molecule has 0 aromatic heterocycles. The van der Waals surface area contributed by atoms with Gasteiger partial charge >= 0.3 is 0 Å². The lowest BCUT2D eigenvalue weighted by atomic mass is 10.1. The van der Waals surface area contributed by atoms with Crippen molar-refractivity contribution >= 4 is 15.7 Å². The van der Waals surface area contributed by atoms with Crippen LogP contribution in [0.15, 0.2) is 53.4 Å². The van der Waals surface area contributed by atoms with Crippen molar-refractivity contribution in [3.63, 3.8) is 0 Å². The van der Waals surface area contributed by atoms with Crippen LogP contribution in [0.1, 0.15) is 30.4 Å². The van der Waals surface area contributed by atoms with E-state index in [-0.39, 0.29) is 11.4 Å². The van der Waals surface area contributed by atoms with Crippen LogP contribution in [0, 0.1) is 13.8 Å². The second-order valence-electron chi connectivity index (χ2n) is 7.70. The average Bonchev–Trinajstić information content (AvgIpc) is 2.67. The van der Waals surface area contributed by atoms with E-state index in [9.17, 15) is 13.5 Å². The maximum Gasteiger partial charge on any atom is 0.264 e. The van der Waals surface area contributed by atoms with Gasteiger partial charge in [-0.2, -0.15) is 0 Å². The first-order chi connectivity index (χ1) is 13.4. The maximum absolute atomic E-state index is 13.4. The lowest BCUT2D eigenvalue weighted by Gasteiger charge is -2.32. The summed E-state index contributed by atoms with van der Waals surface area (Å²) in [6, 6.07) is 14.3. The highest BCUT2D eigenvalue weighted by Crippen LogP contribution is 2.25. The van der Waals surface area contributed by atoms with Crippen LogP contribution in [0.2, 0.25) is 0 Å². The first-order valence-corrected chi connectivity index (χ1v) is 11.4. The summed E-state index contributed by atoms with van der Waals surface area (Å²) in [4.78, 5) is 2.46. The largest absolute Gasteiger partial charge is 0.390 e. The van der Waals surface area contributed by atoms with Gasteiger partial charge in [0, 0.05) is 6.54 Å². The predicted octanol–water partition coefficient (Wildman–Crippen LogP) is 3.35. The number of aliphatic hydroxyl groups excluding tert-OH is 1. The molecule has 28 heavy (non-hydrogen) atoms. The van der Waals surface area contributed by atoms with Gasteiger partial charge in [-0.15, -0.1) is 0 Å². The molecule has 1 aliphatic rings. The Hall–Kier alpha value is -1.89. The topological polar surface area (TPSA) is 60.9 Å². The fourth-order valence-electron chi connectivity index (χ4n) is 3.65. The van der Waals surface area contributed by atoms with Crippen molar-refractivity contribution in [1.82, 2.24) is 4.90 Å². The second kappa shape index (κ2) is 9.07. The number of β-amino-alcohol motifs (C(OH)–C–C–N with tert-alkyl or cyclic N) is 1. The summed E-state index contributed by atoms with van der Waals surface area (Å²) in [5.74, 6) is 0. The molecule has 1 heterocycles.